The maximum absolute atomic E-state index is 8.19. The van der Waals surface area contributed by atoms with Gasteiger partial charge in [-0.2, -0.15) is 60.7 Å². The molecule has 2 aliphatic heterocycles. The molecule has 0 atom stereocenters. The molecule has 6 heteroatoms. The van der Waals surface area contributed by atoms with Crippen LogP contribution in [0.15, 0.2) is 140 Å². The molecule has 9 rings (SSSR count). The van der Waals surface area contributed by atoms with E-state index >= 15 is 0 Å². The van der Waals surface area contributed by atoms with Gasteiger partial charge >= 0.3 is 21.0 Å². The minimum Gasteiger partial charge on any atom is -0.355 e. The molecule has 0 radical (unpaired) electrons. The van der Waals surface area contributed by atoms with Gasteiger partial charge in [-0.1, -0.05) is 60.7 Å². The Morgan fingerprint density at radius 3 is 1.68 bits per heavy atom. The fourth-order valence-corrected chi connectivity index (χ4v) is 6.67. The number of H-pyrrole nitrogens is 2. The van der Waals surface area contributed by atoms with Crippen molar-refractivity contribution in [3.63, 3.8) is 0 Å². The van der Waals surface area contributed by atoms with Crippen LogP contribution < -0.4 is 0 Å². The molecule has 0 saturated heterocycles. The summed E-state index contributed by atoms with van der Waals surface area (Å²) in [4.78, 5) is 17.9. The molecule has 7 aromatic rings. The molecule has 8 bridgehead atoms. The van der Waals surface area contributed by atoms with E-state index in [2.05, 4.69) is 156 Å². The molecular weight excluding hydrogens is 651 g/mol. The molecular formula is C44H28N4OV. The molecule has 3 aromatic heterocycles. The number of aromatic nitrogens is 4. The Morgan fingerprint density at radius 1 is 0.500 bits per heavy atom. The van der Waals surface area contributed by atoms with Gasteiger partial charge in [-0.25, -0.2) is 9.97 Å². The largest absolute Gasteiger partial charge is 0.355 e. The number of rotatable bonds is 4. The van der Waals surface area contributed by atoms with Crippen LogP contribution in [0.2, 0.25) is 0 Å². The van der Waals surface area contributed by atoms with Crippen molar-refractivity contribution < 1.29 is 21.0 Å². The first-order valence-corrected chi connectivity index (χ1v) is 16.7. The smallest absolute Gasteiger partial charge is 0.0794 e. The summed E-state index contributed by atoms with van der Waals surface area (Å²) in [5, 5.41) is 0. The number of nitrogens with zero attached hydrogens (tertiary/aromatic N) is 2. The van der Waals surface area contributed by atoms with Crippen molar-refractivity contribution >= 4 is 45.9 Å². The zero-order valence-electron chi connectivity index (χ0n) is 26.8. The standard InChI is InChI=1S/C44H28N4.O.V/c1-5-13-29(14-6-1)38-27-37-26-35-22-21-33(45-35)25-34-23-24-36(46-34)28-39-40(30-15-7-2-8-16-30)41(31-17-9-3-10-18-31)44(48-39)42(43(38)47-37)32-19-11-4-12-20-32;;/h3-28,45,48H;;/q-2;;+2. The van der Waals surface area contributed by atoms with Gasteiger partial charge in [0.1, 0.15) is 0 Å². The Morgan fingerprint density at radius 2 is 1.04 bits per heavy atom. The molecule has 0 aliphatic carbocycles. The SMILES string of the molecule is [O]=[V+2].[c-]1ccc(C2=Cc3cc4ccc(cc5nc(cc6[nH]c(c(-c7ccccc7)c2n3)c(-c2ccccc2)c6-c2cc[c-]cc2)C=C5)[nH]4)cc1. The molecule has 0 spiro atoms. The monoisotopic (exact) mass is 679 g/mol. The first-order valence-electron chi connectivity index (χ1n) is 16.2. The van der Waals surface area contributed by atoms with Gasteiger partial charge in [0.25, 0.3) is 0 Å². The van der Waals surface area contributed by atoms with Crippen molar-refractivity contribution in [2.75, 3.05) is 0 Å². The topological polar surface area (TPSA) is 74.4 Å². The molecule has 0 saturated carbocycles. The molecule has 4 aromatic carbocycles. The number of nitrogens with one attached hydrogen (secondary N) is 2. The average molecular weight is 680 g/mol. The summed E-state index contributed by atoms with van der Waals surface area (Å²) in [6.07, 6.45) is 6.32. The van der Waals surface area contributed by atoms with Crippen LogP contribution in [0.1, 0.15) is 28.3 Å². The number of hydrogen-bond acceptors (Lipinski definition) is 3. The molecule has 2 aliphatic rings. The quantitative estimate of drug-likeness (QED) is 0.182. The van der Waals surface area contributed by atoms with Crippen molar-refractivity contribution in [2.24, 2.45) is 0 Å². The van der Waals surface area contributed by atoms with E-state index in [4.69, 9.17) is 13.6 Å². The third-order valence-corrected chi connectivity index (χ3v) is 8.78. The summed E-state index contributed by atoms with van der Waals surface area (Å²) in [5.74, 6) is 0. The summed E-state index contributed by atoms with van der Waals surface area (Å²) >= 11 is 1.06. The van der Waals surface area contributed by atoms with Gasteiger partial charge < -0.3 is 9.97 Å². The van der Waals surface area contributed by atoms with Crippen LogP contribution in [0.5, 0.6) is 0 Å². The van der Waals surface area contributed by atoms with Crippen molar-refractivity contribution in [3.8, 4) is 33.4 Å². The Bertz CT molecular complexity index is 2550. The first kappa shape index (κ1) is 31.2. The maximum Gasteiger partial charge on any atom is 0.0794 e. The molecule has 0 amide bonds. The maximum atomic E-state index is 8.19. The van der Waals surface area contributed by atoms with Crippen molar-refractivity contribution in [3.05, 3.63) is 180 Å². The molecule has 235 valence electrons. The van der Waals surface area contributed by atoms with Crippen LogP contribution in [0, 0.1) is 12.1 Å². The summed E-state index contributed by atoms with van der Waals surface area (Å²) in [5.41, 5.74) is 16.0. The van der Waals surface area contributed by atoms with E-state index < -0.39 is 0 Å². The van der Waals surface area contributed by atoms with Gasteiger partial charge in [-0.05, 0) is 70.8 Å². The van der Waals surface area contributed by atoms with Crippen LogP contribution in [-0.2, 0) is 21.0 Å². The number of hydrogen-bond donors (Lipinski definition) is 2. The van der Waals surface area contributed by atoms with E-state index in [9.17, 15) is 0 Å². The fourth-order valence-electron chi connectivity index (χ4n) is 6.67. The number of benzene rings is 4. The van der Waals surface area contributed by atoms with Gasteiger partial charge in [0.05, 0.1) is 28.3 Å². The summed E-state index contributed by atoms with van der Waals surface area (Å²) < 4.78 is 8.19. The van der Waals surface area contributed by atoms with Crippen LogP contribution >= 0.6 is 0 Å². The van der Waals surface area contributed by atoms with E-state index in [1.165, 1.54) is 0 Å². The molecule has 0 unspecified atom stereocenters. The molecule has 50 heavy (non-hydrogen) atoms. The second-order valence-electron chi connectivity index (χ2n) is 11.9. The van der Waals surface area contributed by atoms with Gasteiger partial charge in [0.2, 0.25) is 0 Å². The minimum absolute atomic E-state index is 0.869. The third-order valence-electron chi connectivity index (χ3n) is 8.78. The fraction of sp³-hybridized carbons (Fsp3) is 0. The number of fused-ring (bicyclic) bond motifs is 8. The Labute approximate surface area is 299 Å². The van der Waals surface area contributed by atoms with Crippen LogP contribution in [-0.4, -0.2) is 19.9 Å². The Kier molecular flexibility index (Phi) is 8.58. The Hall–Kier alpha value is -6.14. The summed E-state index contributed by atoms with van der Waals surface area (Å²) in [6, 6.07) is 54.4. The zero-order chi connectivity index (χ0) is 33.9. The van der Waals surface area contributed by atoms with E-state index in [0.29, 0.717) is 0 Å². The van der Waals surface area contributed by atoms with Crippen molar-refractivity contribution in [1.29, 1.82) is 0 Å². The second-order valence-corrected chi connectivity index (χ2v) is 11.9. The van der Waals surface area contributed by atoms with E-state index in [1.54, 1.807) is 0 Å². The van der Waals surface area contributed by atoms with E-state index in [-0.39, 0.29) is 0 Å². The minimum atomic E-state index is 0.869. The van der Waals surface area contributed by atoms with E-state index in [1.807, 2.05) is 24.3 Å². The summed E-state index contributed by atoms with van der Waals surface area (Å²) in [6.45, 7) is 0. The van der Waals surface area contributed by atoms with Gasteiger partial charge in [-0.3, -0.25) is 0 Å². The van der Waals surface area contributed by atoms with Crippen LogP contribution in [0.3, 0.4) is 0 Å². The Balaban J connectivity index is 0.00000177. The first-order chi connectivity index (χ1) is 24.8. The third kappa shape index (κ3) is 6.01. The predicted molar refractivity (Wildman–Crippen MR) is 198 cm³/mol. The molecule has 2 N–H and O–H groups in total. The predicted octanol–water partition coefficient (Wildman–Crippen LogP) is 10.6. The summed E-state index contributed by atoms with van der Waals surface area (Å²) in [7, 11) is 0. The van der Waals surface area contributed by atoms with Crippen molar-refractivity contribution in [1.82, 2.24) is 19.9 Å². The van der Waals surface area contributed by atoms with Gasteiger partial charge in [0, 0.05) is 27.7 Å². The second kappa shape index (κ2) is 13.8. The van der Waals surface area contributed by atoms with Crippen molar-refractivity contribution in [2.45, 2.75) is 0 Å². The molecule has 5 heterocycles. The zero-order valence-corrected chi connectivity index (χ0v) is 28.2. The van der Waals surface area contributed by atoms with Gasteiger partial charge in [-0.15, -0.1) is 11.1 Å². The number of aromatic amines is 2. The normalized spacial score (nSPS) is 11.8. The molecule has 5 nitrogen and oxygen atoms in total. The van der Waals surface area contributed by atoms with Crippen LogP contribution in [0.4, 0.5) is 0 Å². The van der Waals surface area contributed by atoms with Gasteiger partial charge in [0.15, 0.2) is 0 Å². The molecule has 0 fully saturated rings. The average Bonchev–Trinajstić information content (AvgIpc) is 3.98. The van der Waals surface area contributed by atoms with Crippen LogP contribution in [0.25, 0.3) is 79.2 Å². The van der Waals surface area contributed by atoms with E-state index in [0.717, 1.165) is 107 Å².